The Morgan fingerprint density at radius 3 is 2.06 bits per heavy atom. The summed E-state index contributed by atoms with van der Waals surface area (Å²) in [6.45, 7) is 3.96. The molecule has 5 nitrogen and oxygen atoms in total. The number of aryl methyl sites for hydroxylation is 2. The van der Waals surface area contributed by atoms with Crippen molar-refractivity contribution >= 4 is 28.3 Å². The molecule has 0 aliphatic heterocycles. The summed E-state index contributed by atoms with van der Waals surface area (Å²) in [6, 6.07) is 19.8. The molecule has 3 aromatic rings. The molecule has 1 aromatic heterocycles. The van der Waals surface area contributed by atoms with Crippen LogP contribution in [-0.2, 0) is 9.59 Å². The third-order valence-corrected chi connectivity index (χ3v) is 7.39. The van der Waals surface area contributed by atoms with Crippen LogP contribution in [0.1, 0.15) is 59.7 Å². The van der Waals surface area contributed by atoms with Gasteiger partial charge in [-0.25, -0.2) is 4.98 Å². The van der Waals surface area contributed by atoms with Crippen molar-refractivity contribution in [2.24, 2.45) is 0 Å². The highest BCUT2D eigenvalue weighted by Crippen LogP contribution is 2.31. The van der Waals surface area contributed by atoms with E-state index in [0.29, 0.717) is 5.13 Å². The molecule has 33 heavy (non-hydrogen) atoms. The molecule has 1 aliphatic carbocycles. The van der Waals surface area contributed by atoms with Crippen LogP contribution in [0.25, 0.3) is 0 Å². The molecular formula is C27H31N3O2S. The zero-order valence-corrected chi connectivity index (χ0v) is 20.1. The molecule has 0 radical (unpaired) electrons. The van der Waals surface area contributed by atoms with E-state index in [2.05, 4.69) is 10.3 Å². The van der Waals surface area contributed by atoms with Crippen LogP contribution in [0.5, 0.6) is 0 Å². The maximum absolute atomic E-state index is 14.1. The van der Waals surface area contributed by atoms with Gasteiger partial charge in [-0.3, -0.25) is 9.59 Å². The summed E-state index contributed by atoms with van der Waals surface area (Å²) in [5.41, 5.74) is 2.81. The second kappa shape index (κ2) is 10.8. The van der Waals surface area contributed by atoms with Crippen molar-refractivity contribution < 1.29 is 9.59 Å². The maximum atomic E-state index is 14.1. The van der Waals surface area contributed by atoms with Gasteiger partial charge < -0.3 is 10.2 Å². The van der Waals surface area contributed by atoms with Crippen LogP contribution in [0.15, 0.2) is 60.7 Å². The van der Waals surface area contributed by atoms with Gasteiger partial charge in [0.2, 0.25) is 11.8 Å². The second-order valence-corrected chi connectivity index (χ2v) is 9.92. The molecule has 4 rings (SSSR count). The van der Waals surface area contributed by atoms with Crippen LogP contribution < -0.4 is 5.32 Å². The van der Waals surface area contributed by atoms with Gasteiger partial charge in [-0.2, -0.15) is 0 Å². The fraction of sp³-hybridized carbons (Fsp3) is 0.370. The zero-order valence-electron chi connectivity index (χ0n) is 19.3. The number of nitrogens with zero attached hydrogens (tertiary/aromatic N) is 2. The van der Waals surface area contributed by atoms with Gasteiger partial charge in [-0.05, 0) is 37.8 Å². The van der Waals surface area contributed by atoms with Crippen molar-refractivity contribution in [1.82, 2.24) is 9.88 Å². The van der Waals surface area contributed by atoms with E-state index in [1.807, 2.05) is 79.4 Å². The van der Waals surface area contributed by atoms with Crippen LogP contribution in [0.3, 0.4) is 0 Å². The predicted octanol–water partition coefficient (Wildman–Crippen LogP) is 5.69. The van der Waals surface area contributed by atoms with Gasteiger partial charge in [-0.15, -0.1) is 11.3 Å². The van der Waals surface area contributed by atoms with Crippen molar-refractivity contribution in [2.45, 2.75) is 57.9 Å². The topological polar surface area (TPSA) is 62.3 Å². The molecule has 2 aromatic carbocycles. The summed E-state index contributed by atoms with van der Waals surface area (Å²) in [6.07, 6.45) is 5.23. The number of carbonyl (C=O) groups excluding carboxylic acids is 2. The van der Waals surface area contributed by atoms with Gasteiger partial charge in [0, 0.05) is 10.9 Å². The highest BCUT2D eigenvalue weighted by atomic mass is 32.1. The minimum atomic E-state index is -0.438. The van der Waals surface area contributed by atoms with Gasteiger partial charge in [0.05, 0.1) is 11.6 Å². The van der Waals surface area contributed by atoms with E-state index in [9.17, 15) is 9.59 Å². The van der Waals surface area contributed by atoms with Crippen molar-refractivity contribution in [1.29, 1.82) is 0 Å². The normalized spacial score (nSPS) is 14.3. The largest absolute Gasteiger partial charge is 0.330 e. The fourth-order valence-electron chi connectivity index (χ4n) is 4.55. The van der Waals surface area contributed by atoms with Crippen molar-refractivity contribution in [3.63, 3.8) is 0 Å². The number of nitrogens with one attached hydrogen (secondary N) is 1. The first-order valence-corrected chi connectivity index (χ1v) is 12.5. The third kappa shape index (κ3) is 5.69. The first kappa shape index (κ1) is 23.2. The second-order valence-electron chi connectivity index (χ2n) is 8.72. The van der Waals surface area contributed by atoms with Crippen LogP contribution in [0.4, 0.5) is 5.13 Å². The van der Waals surface area contributed by atoms with E-state index in [-0.39, 0.29) is 24.4 Å². The Morgan fingerprint density at radius 1 is 0.970 bits per heavy atom. The van der Waals surface area contributed by atoms with E-state index < -0.39 is 5.92 Å². The predicted molar refractivity (Wildman–Crippen MR) is 134 cm³/mol. The molecule has 1 N–H and O–H groups in total. The number of rotatable bonds is 7. The van der Waals surface area contributed by atoms with Crippen LogP contribution in [0, 0.1) is 13.8 Å². The van der Waals surface area contributed by atoms with Crippen molar-refractivity contribution in [3.8, 4) is 0 Å². The summed E-state index contributed by atoms with van der Waals surface area (Å²) in [4.78, 5) is 34.5. The molecule has 1 heterocycles. The molecule has 1 saturated carbocycles. The minimum absolute atomic E-state index is 0.0130. The Labute approximate surface area is 199 Å². The molecule has 2 amide bonds. The highest BCUT2D eigenvalue weighted by Gasteiger charge is 2.33. The Bertz CT molecular complexity index is 1020. The SMILES string of the molecule is Cc1nc(NC(=O)CN(C(=O)C(c2ccccc2)c2ccccc2)C2CCCCC2)sc1C. The van der Waals surface area contributed by atoms with Gasteiger partial charge in [0.25, 0.3) is 0 Å². The molecule has 172 valence electrons. The van der Waals surface area contributed by atoms with E-state index in [4.69, 9.17) is 0 Å². The quantitative estimate of drug-likeness (QED) is 0.491. The summed E-state index contributed by atoms with van der Waals surface area (Å²) >= 11 is 1.47. The summed E-state index contributed by atoms with van der Waals surface area (Å²) in [7, 11) is 0. The number of amides is 2. The van der Waals surface area contributed by atoms with Gasteiger partial charge in [-0.1, -0.05) is 79.9 Å². The van der Waals surface area contributed by atoms with Crippen LogP contribution in [0.2, 0.25) is 0 Å². The Morgan fingerprint density at radius 2 is 1.55 bits per heavy atom. The lowest BCUT2D eigenvalue weighted by molar-refractivity contribution is -0.138. The lowest BCUT2D eigenvalue weighted by Crippen LogP contribution is -2.47. The molecule has 0 spiro atoms. The number of thiazole rings is 1. The standard InChI is InChI=1S/C27H31N3O2S/c1-19-20(2)33-27(28-19)29-24(31)18-30(23-16-10-5-11-17-23)26(32)25(21-12-6-3-7-13-21)22-14-8-4-9-15-22/h3-4,6-9,12-15,23,25H,5,10-11,16-18H2,1-2H3,(H,28,29,31). The number of hydrogen-bond donors (Lipinski definition) is 1. The van der Waals surface area contributed by atoms with E-state index in [1.165, 1.54) is 17.8 Å². The molecule has 0 atom stereocenters. The van der Waals surface area contributed by atoms with Crippen LogP contribution >= 0.6 is 11.3 Å². The number of benzene rings is 2. The number of hydrogen-bond acceptors (Lipinski definition) is 4. The first-order valence-electron chi connectivity index (χ1n) is 11.7. The smallest absolute Gasteiger partial charge is 0.245 e. The van der Waals surface area contributed by atoms with E-state index in [1.54, 1.807) is 0 Å². The zero-order chi connectivity index (χ0) is 23.2. The lowest BCUT2D eigenvalue weighted by atomic mass is 9.87. The average Bonchev–Trinajstić information content (AvgIpc) is 3.15. The maximum Gasteiger partial charge on any atom is 0.245 e. The number of anilines is 1. The van der Waals surface area contributed by atoms with E-state index >= 15 is 0 Å². The number of aromatic nitrogens is 1. The van der Waals surface area contributed by atoms with Crippen LogP contribution in [-0.4, -0.2) is 34.3 Å². The Hall–Kier alpha value is -2.99. The molecule has 0 saturated heterocycles. The lowest BCUT2D eigenvalue weighted by Gasteiger charge is -2.36. The van der Waals surface area contributed by atoms with E-state index in [0.717, 1.165) is 47.4 Å². The Kier molecular flexibility index (Phi) is 7.55. The van der Waals surface area contributed by atoms with Gasteiger partial charge >= 0.3 is 0 Å². The molecular weight excluding hydrogens is 430 g/mol. The van der Waals surface area contributed by atoms with Crippen molar-refractivity contribution in [2.75, 3.05) is 11.9 Å². The minimum Gasteiger partial charge on any atom is -0.330 e. The Balaban J connectivity index is 1.63. The fourth-order valence-corrected chi connectivity index (χ4v) is 5.38. The third-order valence-electron chi connectivity index (χ3n) is 6.40. The first-order chi connectivity index (χ1) is 16.0. The molecule has 1 aliphatic rings. The number of carbonyl (C=O) groups is 2. The van der Waals surface area contributed by atoms with Gasteiger partial charge in [0.1, 0.15) is 6.54 Å². The van der Waals surface area contributed by atoms with Gasteiger partial charge in [0.15, 0.2) is 5.13 Å². The molecule has 0 unspecified atom stereocenters. The molecule has 0 bridgehead atoms. The summed E-state index contributed by atoms with van der Waals surface area (Å²) < 4.78 is 0. The molecule has 6 heteroatoms. The highest BCUT2D eigenvalue weighted by molar-refractivity contribution is 7.15. The molecule has 1 fully saturated rings. The monoisotopic (exact) mass is 461 g/mol. The average molecular weight is 462 g/mol. The van der Waals surface area contributed by atoms with Crippen molar-refractivity contribution in [3.05, 3.63) is 82.4 Å². The summed E-state index contributed by atoms with van der Waals surface area (Å²) in [5, 5.41) is 3.51. The summed E-state index contributed by atoms with van der Waals surface area (Å²) in [5.74, 6) is -0.644.